The minimum atomic E-state index is -0.925. The number of nitrogens with zero attached hydrogens (tertiary/aromatic N) is 4. The number of thioether (sulfide) groups is 1. The maximum atomic E-state index is 14.0. The predicted molar refractivity (Wildman–Crippen MR) is 99.6 cm³/mol. The molecule has 2 saturated heterocycles. The van der Waals surface area contributed by atoms with Gasteiger partial charge in [0.15, 0.2) is 22.6 Å². The van der Waals surface area contributed by atoms with Crippen LogP contribution in [0.25, 0.3) is 0 Å². The van der Waals surface area contributed by atoms with Crippen molar-refractivity contribution in [2.45, 2.75) is 42.0 Å². The third-order valence-corrected chi connectivity index (χ3v) is 6.90. The average Bonchev–Trinajstić information content (AvgIpc) is 3.38. The van der Waals surface area contributed by atoms with E-state index in [9.17, 15) is 13.6 Å². The van der Waals surface area contributed by atoms with Crippen LogP contribution in [0.15, 0.2) is 23.4 Å². The number of hydrogen-bond acceptors (Lipinski definition) is 7. The van der Waals surface area contributed by atoms with E-state index < -0.39 is 28.7 Å². The molecule has 154 valence electrons. The summed E-state index contributed by atoms with van der Waals surface area (Å²) in [6.45, 7) is 4.11. The highest BCUT2D eigenvalue weighted by Crippen LogP contribution is 2.43. The Labute approximate surface area is 170 Å². The molecular weight excluding hydrogens is 402 g/mol. The van der Waals surface area contributed by atoms with Crippen LogP contribution in [-0.2, 0) is 9.47 Å². The molecule has 3 aliphatic heterocycles. The molecule has 0 N–H and O–H groups in total. The summed E-state index contributed by atoms with van der Waals surface area (Å²) in [5, 5.41) is 4.16. The van der Waals surface area contributed by atoms with Crippen molar-refractivity contribution in [2.75, 3.05) is 26.3 Å². The first kappa shape index (κ1) is 19.1. The van der Waals surface area contributed by atoms with E-state index in [1.165, 1.54) is 22.5 Å². The lowest BCUT2D eigenvalue weighted by atomic mass is 9.95. The first-order chi connectivity index (χ1) is 14.0. The zero-order chi connectivity index (χ0) is 20.2. The number of carbonyl (C=O) groups is 1. The number of halogens is 2. The first-order valence-electron chi connectivity index (χ1n) is 9.57. The quantitative estimate of drug-likeness (QED) is 0.753. The molecule has 0 bridgehead atoms. The number of fused-ring (bicyclic) bond motifs is 1. The van der Waals surface area contributed by atoms with Gasteiger partial charge in [-0.25, -0.2) is 13.8 Å². The second kappa shape index (κ2) is 7.12. The largest absolute Gasteiger partial charge is 0.347 e. The van der Waals surface area contributed by atoms with Crippen molar-refractivity contribution in [2.24, 2.45) is 0 Å². The van der Waals surface area contributed by atoms with Gasteiger partial charge in [-0.3, -0.25) is 9.69 Å². The summed E-state index contributed by atoms with van der Waals surface area (Å²) in [5.41, 5.74) is 0.557. The van der Waals surface area contributed by atoms with E-state index >= 15 is 0 Å². The molecule has 5 rings (SSSR count). The van der Waals surface area contributed by atoms with E-state index in [0.717, 1.165) is 6.07 Å². The second-order valence-electron chi connectivity index (χ2n) is 7.49. The van der Waals surface area contributed by atoms with Gasteiger partial charge in [0, 0.05) is 25.9 Å². The molecule has 1 spiro atoms. The van der Waals surface area contributed by atoms with Crippen LogP contribution in [0.2, 0.25) is 0 Å². The molecule has 0 radical (unpaired) electrons. The Bertz CT molecular complexity index is 953. The highest BCUT2D eigenvalue weighted by molar-refractivity contribution is 8.00. The van der Waals surface area contributed by atoms with Gasteiger partial charge < -0.3 is 9.47 Å². The van der Waals surface area contributed by atoms with Crippen molar-refractivity contribution >= 4 is 17.7 Å². The Kier molecular flexibility index (Phi) is 4.69. The lowest BCUT2D eigenvalue weighted by Gasteiger charge is -2.42. The van der Waals surface area contributed by atoms with Crippen LogP contribution >= 0.6 is 11.8 Å². The predicted octanol–water partition coefficient (Wildman–Crippen LogP) is 2.56. The summed E-state index contributed by atoms with van der Waals surface area (Å²) in [7, 11) is 0. The molecule has 7 nitrogen and oxygen atoms in total. The number of carbonyl (C=O) groups excluding carboxylic acids is 1. The SMILES string of the molecule is Cc1nc2n(n1)C(=O)C(C(c1ccc(F)c(F)c1)N1CCC3(CC1)OCCO3)S2. The molecule has 2 fully saturated rings. The minimum absolute atomic E-state index is 0.200. The fourth-order valence-electron chi connectivity index (χ4n) is 4.30. The van der Waals surface area contributed by atoms with Gasteiger partial charge in [0.2, 0.25) is 0 Å². The van der Waals surface area contributed by atoms with Crippen molar-refractivity contribution in [3.05, 3.63) is 41.2 Å². The zero-order valence-electron chi connectivity index (χ0n) is 15.8. The smallest absolute Gasteiger partial charge is 0.264 e. The van der Waals surface area contributed by atoms with Crippen LogP contribution in [0.3, 0.4) is 0 Å². The summed E-state index contributed by atoms with van der Waals surface area (Å²) in [6, 6.07) is 3.40. The van der Waals surface area contributed by atoms with E-state index in [0.29, 0.717) is 55.7 Å². The van der Waals surface area contributed by atoms with Crippen LogP contribution in [0.1, 0.15) is 35.1 Å². The first-order valence-corrected chi connectivity index (χ1v) is 10.5. The van der Waals surface area contributed by atoms with Crippen LogP contribution in [0.5, 0.6) is 0 Å². The summed E-state index contributed by atoms with van der Waals surface area (Å²) in [4.78, 5) is 19.5. The fraction of sp³-hybridized carbons (Fsp3) is 0.526. The molecule has 1 aromatic carbocycles. The molecule has 29 heavy (non-hydrogen) atoms. The van der Waals surface area contributed by atoms with Crippen molar-refractivity contribution in [1.29, 1.82) is 0 Å². The molecule has 0 saturated carbocycles. The van der Waals surface area contributed by atoms with Crippen LogP contribution < -0.4 is 0 Å². The van der Waals surface area contributed by atoms with Crippen molar-refractivity contribution < 1.29 is 23.0 Å². The van der Waals surface area contributed by atoms with Gasteiger partial charge in [0.1, 0.15) is 11.1 Å². The number of aryl methyl sites for hydroxylation is 1. The molecule has 3 aliphatic rings. The third kappa shape index (κ3) is 3.27. The lowest BCUT2D eigenvalue weighted by molar-refractivity contribution is -0.187. The minimum Gasteiger partial charge on any atom is -0.347 e. The highest BCUT2D eigenvalue weighted by atomic mass is 32.2. The molecular formula is C19H20F2N4O3S. The van der Waals surface area contributed by atoms with E-state index in [1.54, 1.807) is 13.0 Å². The molecule has 0 aliphatic carbocycles. The lowest BCUT2D eigenvalue weighted by Crippen LogP contribution is -2.49. The second-order valence-corrected chi connectivity index (χ2v) is 8.60. The van der Waals surface area contributed by atoms with Gasteiger partial charge in [0.05, 0.1) is 19.3 Å². The van der Waals surface area contributed by atoms with Gasteiger partial charge in [-0.2, -0.15) is 4.68 Å². The van der Waals surface area contributed by atoms with Crippen molar-refractivity contribution in [1.82, 2.24) is 19.7 Å². The molecule has 10 heteroatoms. The molecule has 2 unspecified atom stereocenters. The number of likely N-dealkylation sites (tertiary alicyclic amines) is 1. The summed E-state index contributed by atoms with van der Waals surface area (Å²) in [5.74, 6) is -2.07. The molecule has 2 atom stereocenters. The van der Waals surface area contributed by atoms with E-state index in [4.69, 9.17) is 9.47 Å². The van der Waals surface area contributed by atoms with Gasteiger partial charge in [-0.05, 0) is 24.6 Å². The van der Waals surface area contributed by atoms with Gasteiger partial charge >= 0.3 is 0 Å². The van der Waals surface area contributed by atoms with Gasteiger partial charge in [-0.1, -0.05) is 17.8 Å². The molecule has 4 heterocycles. The number of ether oxygens (including phenoxy) is 2. The monoisotopic (exact) mass is 422 g/mol. The number of aromatic nitrogens is 3. The van der Waals surface area contributed by atoms with Crippen LogP contribution in [-0.4, -0.2) is 62.9 Å². The van der Waals surface area contributed by atoms with Gasteiger partial charge in [-0.15, -0.1) is 5.10 Å². The van der Waals surface area contributed by atoms with E-state index in [1.807, 2.05) is 0 Å². The molecule has 0 amide bonds. The third-order valence-electron chi connectivity index (χ3n) is 5.71. The van der Waals surface area contributed by atoms with E-state index in [-0.39, 0.29) is 5.91 Å². The number of piperidine rings is 1. The normalized spacial score (nSPS) is 24.9. The molecule has 1 aromatic heterocycles. The Morgan fingerprint density at radius 1 is 1.21 bits per heavy atom. The van der Waals surface area contributed by atoms with Crippen molar-refractivity contribution in [3.8, 4) is 0 Å². The maximum absolute atomic E-state index is 14.0. The maximum Gasteiger partial charge on any atom is 0.264 e. The van der Waals surface area contributed by atoms with Crippen LogP contribution in [0.4, 0.5) is 8.78 Å². The Morgan fingerprint density at radius 3 is 2.59 bits per heavy atom. The number of hydrogen-bond donors (Lipinski definition) is 0. The number of benzene rings is 1. The number of rotatable bonds is 3. The standard InChI is InChI=1S/C19H20F2N4O3S/c1-11-22-18-25(23-11)17(26)16(29-18)15(12-2-3-13(20)14(21)10-12)24-6-4-19(5-7-24)27-8-9-28-19/h2-3,10,15-16H,4-9H2,1H3. The Morgan fingerprint density at radius 2 is 1.93 bits per heavy atom. The van der Waals surface area contributed by atoms with E-state index in [2.05, 4.69) is 15.0 Å². The van der Waals surface area contributed by atoms with Gasteiger partial charge in [0.25, 0.3) is 5.91 Å². The fourth-order valence-corrected chi connectivity index (χ4v) is 5.60. The highest BCUT2D eigenvalue weighted by Gasteiger charge is 2.47. The summed E-state index contributed by atoms with van der Waals surface area (Å²) in [6.07, 6.45) is 1.31. The topological polar surface area (TPSA) is 69.5 Å². The van der Waals surface area contributed by atoms with Crippen LogP contribution in [0, 0.1) is 18.6 Å². The summed E-state index contributed by atoms with van der Waals surface area (Å²) >= 11 is 1.31. The average molecular weight is 422 g/mol. The molecule has 2 aromatic rings. The Hall–Kier alpha value is -1.88. The summed E-state index contributed by atoms with van der Waals surface area (Å²) < 4.78 is 40.5. The van der Waals surface area contributed by atoms with Crippen molar-refractivity contribution in [3.63, 3.8) is 0 Å². The Balaban J connectivity index is 1.46. The zero-order valence-corrected chi connectivity index (χ0v) is 16.6.